The molecule has 1 rings (SSSR count). The van der Waals surface area contributed by atoms with Gasteiger partial charge in [0.05, 0.1) is 6.61 Å². The number of esters is 1. The van der Waals surface area contributed by atoms with E-state index < -0.39 is 12.1 Å². The average Bonchev–Trinajstić information content (AvgIpc) is 2.33. The molecule has 0 fully saturated rings. The third-order valence-corrected chi connectivity index (χ3v) is 2.53. The van der Waals surface area contributed by atoms with E-state index in [1.165, 1.54) is 0 Å². The van der Waals surface area contributed by atoms with Crippen molar-refractivity contribution in [2.45, 2.75) is 33.8 Å². The molecule has 0 bridgehead atoms. The van der Waals surface area contributed by atoms with Crippen LogP contribution in [0.3, 0.4) is 0 Å². The standard InChI is InChI=1S/C14H18O4/c1-5-17-14(16)11(4)18-13-9(2)6-12(8-15)7-10(13)3/h6-8,11H,5H2,1-4H3. The van der Waals surface area contributed by atoms with E-state index in [2.05, 4.69) is 0 Å². The van der Waals surface area contributed by atoms with Gasteiger partial charge in [0, 0.05) is 5.56 Å². The van der Waals surface area contributed by atoms with Crippen LogP contribution in [0.5, 0.6) is 5.75 Å². The second-order valence-corrected chi connectivity index (χ2v) is 4.11. The molecule has 0 saturated heterocycles. The summed E-state index contributed by atoms with van der Waals surface area (Å²) in [6.07, 6.45) is 0.128. The predicted molar refractivity (Wildman–Crippen MR) is 68.0 cm³/mol. The molecule has 1 unspecified atom stereocenters. The minimum absolute atomic E-state index is 0.328. The average molecular weight is 250 g/mol. The molecule has 18 heavy (non-hydrogen) atoms. The van der Waals surface area contributed by atoms with Gasteiger partial charge in [-0.2, -0.15) is 0 Å². The first-order valence-corrected chi connectivity index (χ1v) is 5.89. The molecule has 0 radical (unpaired) electrons. The van der Waals surface area contributed by atoms with E-state index in [1.807, 2.05) is 13.8 Å². The van der Waals surface area contributed by atoms with Gasteiger partial charge in [0.15, 0.2) is 6.10 Å². The Morgan fingerprint density at radius 3 is 2.33 bits per heavy atom. The summed E-state index contributed by atoms with van der Waals surface area (Å²) in [4.78, 5) is 22.2. The lowest BCUT2D eigenvalue weighted by atomic mass is 10.1. The van der Waals surface area contributed by atoms with Crippen molar-refractivity contribution in [2.75, 3.05) is 6.61 Å². The van der Waals surface area contributed by atoms with Gasteiger partial charge in [-0.15, -0.1) is 0 Å². The number of hydrogen-bond acceptors (Lipinski definition) is 4. The number of ether oxygens (including phenoxy) is 2. The summed E-state index contributed by atoms with van der Waals surface area (Å²) in [7, 11) is 0. The SMILES string of the molecule is CCOC(=O)C(C)Oc1c(C)cc(C=O)cc1C. The third-order valence-electron chi connectivity index (χ3n) is 2.53. The van der Waals surface area contributed by atoms with Crippen molar-refractivity contribution in [1.29, 1.82) is 0 Å². The molecule has 1 aromatic rings. The summed E-state index contributed by atoms with van der Waals surface area (Å²) in [5, 5.41) is 0. The largest absolute Gasteiger partial charge is 0.478 e. The molecule has 1 aromatic carbocycles. The van der Waals surface area contributed by atoms with Crippen molar-refractivity contribution in [3.05, 3.63) is 28.8 Å². The molecular weight excluding hydrogens is 232 g/mol. The lowest BCUT2D eigenvalue weighted by molar-refractivity contribution is -0.150. The second-order valence-electron chi connectivity index (χ2n) is 4.11. The van der Waals surface area contributed by atoms with Crippen LogP contribution in [0.1, 0.15) is 35.3 Å². The Labute approximate surface area is 107 Å². The van der Waals surface area contributed by atoms with Gasteiger partial charge in [0.2, 0.25) is 0 Å². The number of aldehydes is 1. The lowest BCUT2D eigenvalue weighted by Gasteiger charge is -2.17. The normalized spacial score (nSPS) is 11.8. The summed E-state index contributed by atoms with van der Waals surface area (Å²) in [5.41, 5.74) is 2.25. The van der Waals surface area contributed by atoms with Crippen molar-refractivity contribution in [3.63, 3.8) is 0 Å². The smallest absolute Gasteiger partial charge is 0.347 e. The zero-order valence-electron chi connectivity index (χ0n) is 11.1. The molecular formula is C14H18O4. The molecule has 98 valence electrons. The Bertz CT molecular complexity index is 428. The first-order valence-electron chi connectivity index (χ1n) is 5.89. The highest BCUT2D eigenvalue weighted by Gasteiger charge is 2.18. The van der Waals surface area contributed by atoms with Crippen LogP contribution in [0, 0.1) is 13.8 Å². The topological polar surface area (TPSA) is 52.6 Å². The maximum atomic E-state index is 11.5. The Morgan fingerprint density at radius 1 is 1.33 bits per heavy atom. The van der Waals surface area contributed by atoms with Gasteiger partial charge >= 0.3 is 5.97 Å². The van der Waals surface area contributed by atoms with Crippen molar-refractivity contribution in [1.82, 2.24) is 0 Å². The molecule has 0 aliphatic heterocycles. The Balaban J connectivity index is 2.91. The molecule has 0 aliphatic rings. The number of hydrogen-bond donors (Lipinski definition) is 0. The summed E-state index contributed by atoms with van der Waals surface area (Å²) >= 11 is 0. The molecule has 0 amide bonds. The van der Waals surface area contributed by atoms with Crippen LogP contribution < -0.4 is 4.74 Å². The Kier molecular flexibility index (Phi) is 4.89. The van der Waals surface area contributed by atoms with Gasteiger partial charge < -0.3 is 9.47 Å². The van der Waals surface area contributed by atoms with Gasteiger partial charge in [-0.1, -0.05) is 0 Å². The number of aryl methyl sites for hydroxylation is 2. The van der Waals surface area contributed by atoms with Gasteiger partial charge in [-0.3, -0.25) is 4.79 Å². The van der Waals surface area contributed by atoms with Crippen molar-refractivity contribution in [2.24, 2.45) is 0 Å². The molecule has 0 spiro atoms. The molecule has 0 heterocycles. The minimum Gasteiger partial charge on any atom is -0.478 e. The second kappa shape index (κ2) is 6.19. The van der Waals surface area contributed by atoms with Crippen LogP contribution in [-0.4, -0.2) is 25.0 Å². The highest BCUT2D eigenvalue weighted by atomic mass is 16.6. The van der Waals surface area contributed by atoms with Gasteiger partial charge in [-0.05, 0) is 51.0 Å². The summed E-state index contributed by atoms with van der Waals surface area (Å²) in [5.74, 6) is 0.233. The molecule has 0 aromatic heterocycles. The summed E-state index contributed by atoms with van der Waals surface area (Å²) in [6, 6.07) is 3.46. The molecule has 4 heteroatoms. The maximum absolute atomic E-state index is 11.5. The zero-order valence-corrected chi connectivity index (χ0v) is 11.1. The van der Waals surface area contributed by atoms with Gasteiger partial charge in [0.25, 0.3) is 0 Å². The van der Waals surface area contributed by atoms with E-state index in [0.29, 0.717) is 17.9 Å². The maximum Gasteiger partial charge on any atom is 0.347 e. The van der Waals surface area contributed by atoms with Crippen LogP contribution in [0.2, 0.25) is 0 Å². The highest BCUT2D eigenvalue weighted by Crippen LogP contribution is 2.25. The van der Waals surface area contributed by atoms with Gasteiger partial charge in [0.1, 0.15) is 12.0 Å². The molecule has 0 saturated carbocycles. The van der Waals surface area contributed by atoms with Crippen LogP contribution in [0.15, 0.2) is 12.1 Å². The van der Waals surface area contributed by atoms with E-state index >= 15 is 0 Å². The number of carbonyl (C=O) groups is 2. The van der Waals surface area contributed by atoms with Crippen LogP contribution in [-0.2, 0) is 9.53 Å². The first-order chi connectivity index (χ1) is 8.49. The van der Waals surface area contributed by atoms with Gasteiger partial charge in [-0.25, -0.2) is 4.79 Å². The molecule has 0 N–H and O–H groups in total. The number of rotatable bonds is 5. The van der Waals surface area contributed by atoms with Crippen LogP contribution in [0.25, 0.3) is 0 Å². The van der Waals surface area contributed by atoms with Crippen LogP contribution in [0.4, 0.5) is 0 Å². The predicted octanol–water partition coefficient (Wildman–Crippen LogP) is 2.45. The van der Waals surface area contributed by atoms with E-state index in [9.17, 15) is 9.59 Å². The molecule has 0 aliphatic carbocycles. The van der Waals surface area contributed by atoms with E-state index in [0.717, 1.165) is 17.4 Å². The Morgan fingerprint density at radius 2 is 1.89 bits per heavy atom. The van der Waals surface area contributed by atoms with Crippen molar-refractivity contribution < 1.29 is 19.1 Å². The third kappa shape index (κ3) is 3.32. The monoisotopic (exact) mass is 250 g/mol. The summed E-state index contributed by atoms with van der Waals surface area (Å²) in [6.45, 7) is 7.40. The zero-order chi connectivity index (χ0) is 13.7. The fraction of sp³-hybridized carbons (Fsp3) is 0.429. The quantitative estimate of drug-likeness (QED) is 0.595. The first kappa shape index (κ1) is 14.2. The number of benzene rings is 1. The fourth-order valence-electron chi connectivity index (χ4n) is 1.72. The molecule has 1 atom stereocenters. The highest BCUT2D eigenvalue weighted by molar-refractivity contribution is 5.77. The summed E-state index contributed by atoms with van der Waals surface area (Å²) < 4.78 is 10.5. The lowest BCUT2D eigenvalue weighted by Crippen LogP contribution is -2.26. The fourth-order valence-corrected chi connectivity index (χ4v) is 1.72. The van der Waals surface area contributed by atoms with Crippen LogP contribution >= 0.6 is 0 Å². The van der Waals surface area contributed by atoms with E-state index in [4.69, 9.17) is 9.47 Å². The Hall–Kier alpha value is -1.84. The molecule has 4 nitrogen and oxygen atoms in total. The van der Waals surface area contributed by atoms with Crippen molar-refractivity contribution in [3.8, 4) is 5.75 Å². The van der Waals surface area contributed by atoms with E-state index in [1.54, 1.807) is 26.0 Å². The number of carbonyl (C=O) groups excluding carboxylic acids is 2. The van der Waals surface area contributed by atoms with Crippen molar-refractivity contribution >= 4 is 12.3 Å². The minimum atomic E-state index is -0.663. The van der Waals surface area contributed by atoms with E-state index in [-0.39, 0.29) is 0 Å².